The van der Waals surface area contributed by atoms with Crippen LogP contribution in [-0.2, 0) is 15.6 Å². The first-order valence-corrected chi connectivity index (χ1v) is 4.53. The van der Waals surface area contributed by atoms with Gasteiger partial charge >= 0.3 is 5.97 Å². The highest BCUT2D eigenvalue weighted by molar-refractivity contribution is 7.88. The molecule has 1 aliphatic heterocycles. The molecule has 0 aromatic heterocycles. The van der Waals surface area contributed by atoms with E-state index in [1.807, 2.05) is 0 Å². The fourth-order valence-corrected chi connectivity index (χ4v) is 2.26. The average molecular weight is 177 g/mol. The molecule has 1 saturated heterocycles. The molecule has 1 heterocycles. The molecule has 0 amide bonds. The van der Waals surface area contributed by atoms with Crippen molar-refractivity contribution in [2.75, 3.05) is 6.54 Å². The van der Waals surface area contributed by atoms with Gasteiger partial charge in [-0.2, -0.15) is 0 Å². The zero-order chi connectivity index (χ0) is 8.65. The topological polar surface area (TPSA) is 66.4 Å². The Morgan fingerprint density at radius 1 is 1.73 bits per heavy atom. The van der Waals surface area contributed by atoms with Crippen molar-refractivity contribution < 1.29 is 14.1 Å². The van der Waals surface area contributed by atoms with Crippen LogP contribution in [0, 0.1) is 0 Å². The molecule has 5 heteroatoms. The quantitative estimate of drug-likeness (QED) is 0.568. The molecule has 0 aromatic carbocycles. The number of aliphatic carboxylic acids is 1. The third kappa shape index (κ3) is 1.44. The molecule has 0 radical (unpaired) electrons. The highest BCUT2D eigenvalue weighted by atomic mass is 32.2. The van der Waals surface area contributed by atoms with Gasteiger partial charge in [0.15, 0.2) is 5.37 Å². The summed E-state index contributed by atoms with van der Waals surface area (Å²) >= 11 is 0. The van der Waals surface area contributed by atoms with Gasteiger partial charge in [-0.25, -0.2) is 4.79 Å². The summed E-state index contributed by atoms with van der Waals surface area (Å²) in [4.78, 5) is 10.4. The second kappa shape index (κ2) is 2.57. The van der Waals surface area contributed by atoms with E-state index in [0.29, 0.717) is 6.54 Å². The van der Waals surface area contributed by atoms with Crippen molar-refractivity contribution in [3.05, 3.63) is 0 Å². The van der Waals surface area contributed by atoms with Crippen molar-refractivity contribution in [1.29, 1.82) is 0 Å². The first kappa shape index (κ1) is 8.67. The maximum absolute atomic E-state index is 11.3. The van der Waals surface area contributed by atoms with Crippen molar-refractivity contribution in [3.8, 4) is 0 Å². The van der Waals surface area contributed by atoms with Crippen LogP contribution in [0.5, 0.6) is 0 Å². The van der Waals surface area contributed by atoms with Gasteiger partial charge in [0.2, 0.25) is 0 Å². The first-order chi connectivity index (χ1) is 4.95. The van der Waals surface area contributed by atoms with Crippen LogP contribution in [0.3, 0.4) is 0 Å². The molecule has 0 bridgehead atoms. The number of carboxylic acid groups (broad SMARTS) is 1. The molecular formula is C6H11NO3S. The highest BCUT2D eigenvalue weighted by Crippen LogP contribution is 2.21. The maximum atomic E-state index is 11.3. The molecule has 2 unspecified atom stereocenters. The molecule has 2 atom stereocenters. The van der Waals surface area contributed by atoms with Crippen molar-refractivity contribution >= 4 is 16.8 Å². The van der Waals surface area contributed by atoms with Crippen molar-refractivity contribution in [2.24, 2.45) is 0 Å². The predicted octanol–water partition coefficient (Wildman–Crippen LogP) is -0.472. The molecule has 0 spiro atoms. The molecule has 0 aliphatic carbocycles. The van der Waals surface area contributed by atoms with E-state index < -0.39 is 26.9 Å². The summed E-state index contributed by atoms with van der Waals surface area (Å²) in [5.41, 5.74) is 0. The fraction of sp³-hybridized carbons (Fsp3) is 0.833. The normalized spacial score (nSPS) is 35.5. The second-order valence-corrected chi connectivity index (χ2v) is 5.33. The summed E-state index contributed by atoms with van der Waals surface area (Å²) in [5, 5.41) is 10.4. The van der Waals surface area contributed by atoms with Gasteiger partial charge < -0.3 is 5.11 Å². The van der Waals surface area contributed by atoms with Crippen LogP contribution < -0.4 is 5.32 Å². The van der Waals surface area contributed by atoms with Crippen LogP contribution in [-0.4, -0.2) is 32.0 Å². The number of hydrogen-bond acceptors (Lipinski definition) is 3. The monoisotopic (exact) mass is 177 g/mol. The molecule has 0 aromatic rings. The molecule has 11 heavy (non-hydrogen) atoms. The predicted molar refractivity (Wildman–Crippen MR) is 41.6 cm³/mol. The number of rotatable bonds is 1. The first-order valence-electron chi connectivity index (χ1n) is 3.32. The lowest BCUT2D eigenvalue weighted by Crippen LogP contribution is -2.33. The lowest BCUT2D eigenvalue weighted by atomic mass is 10.2. The van der Waals surface area contributed by atoms with Crippen LogP contribution in [0.25, 0.3) is 0 Å². The molecule has 64 valence electrons. The van der Waals surface area contributed by atoms with E-state index in [4.69, 9.17) is 5.11 Å². The minimum absolute atomic E-state index is 0.414. The zero-order valence-electron chi connectivity index (χ0n) is 6.46. The highest BCUT2D eigenvalue weighted by Gasteiger charge is 2.42. The van der Waals surface area contributed by atoms with E-state index in [9.17, 15) is 9.00 Å². The van der Waals surface area contributed by atoms with Gasteiger partial charge in [0.1, 0.15) is 0 Å². The van der Waals surface area contributed by atoms with E-state index in [1.165, 1.54) is 0 Å². The van der Waals surface area contributed by atoms with Crippen molar-refractivity contribution in [1.82, 2.24) is 5.32 Å². The van der Waals surface area contributed by atoms with Crippen molar-refractivity contribution in [3.63, 3.8) is 0 Å². The average Bonchev–Trinajstić information content (AvgIpc) is 2.09. The molecule has 2 N–H and O–H groups in total. The Morgan fingerprint density at radius 2 is 2.27 bits per heavy atom. The van der Waals surface area contributed by atoms with Gasteiger partial charge in [0.25, 0.3) is 0 Å². The zero-order valence-corrected chi connectivity index (χ0v) is 7.27. The largest absolute Gasteiger partial charge is 0.479 e. The second-order valence-electron chi connectivity index (χ2n) is 3.16. The Bertz CT molecular complexity index is 214. The summed E-state index contributed by atoms with van der Waals surface area (Å²) in [6.07, 6.45) is 0. The molecule has 1 rings (SSSR count). The van der Waals surface area contributed by atoms with Gasteiger partial charge in [0.05, 0.1) is 15.5 Å². The number of carboxylic acids is 1. The van der Waals surface area contributed by atoms with Crippen LogP contribution in [0.1, 0.15) is 13.8 Å². The number of nitrogens with one attached hydrogen (secondary N) is 1. The summed E-state index contributed by atoms with van der Waals surface area (Å²) in [6.45, 7) is 4.08. The minimum Gasteiger partial charge on any atom is -0.479 e. The van der Waals surface area contributed by atoms with E-state index in [0.717, 1.165) is 0 Å². The summed E-state index contributed by atoms with van der Waals surface area (Å²) in [6, 6.07) is 0. The van der Waals surface area contributed by atoms with Crippen LogP contribution >= 0.6 is 0 Å². The van der Waals surface area contributed by atoms with E-state index in [2.05, 4.69) is 5.32 Å². The van der Waals surface area contributed by atoms with Crippen LogP contribution in [0.15, 0.2) is 0 Å². The van der Waals surface area contributed by atoms with Crippen LogP contribution in [0.4, 0.5) is 0 Å². The smallest absolute Gasteiger partial charge is 0.333 e. The number of hydrogen-bond donors (Lipinski definition) is 2. The SMILES string of the molecule is CC1(C)CNC(C(=O)O)S1=O. The summed E-state index contributed by atoms with van der Waals surface area (Å²) in [7, 11) is -1.31. The molecule has 1 fully saturated rings. The lowest BCUT2D eigenvalue weighted by Gasteiger charge is -2.13. The van der Waals surface area contributed by atoms with Gasteiger partial charge in [-0.15, -0.1) is 0 Å². The summed E-state index contributed by atoms with van der Waals surface area (Å²) < 4.78 is 10.9. The Hall–Kier alpha value is -0.420. The standard InChI is InChI=1S/C6H11NO3S/c1-6(2)3-7-4(5(8)9)11(6)10/h4,7H,3H2,1-2H3,(H,8,9). The Kier molecular flexibility index (Phi) is 2.02. The van der Waals surface area contributed by atoms with Gasteiger partial charge in [0, 0.05) is 6.54 Å². The molecular weight excluding hydrogens is 166 g/mol. The van der Waals surface area contributed by atoms with Gasteiger partial charge in [-0.1, -0.05) is 0 Å². The third-order valence-corrected chi connectivity index (χ3v) is 3.73. The lowest BCUT2D eigenvalue weighted by molar-refractivity contribution is -0.136. The fourth-order valence-electron chi connectivity index (χ4n) is 0.983. The maximum Gasteiger partial charge on any atom is 0.333 e. The van der Waals surface area contributed by atoms with Crippen LogP contribution in [0.2, 0.25) is 0 Å². The Balaban J connectivity index is 2.79. The van der Waals surface area contributed by atoms with E-state index in [1.54, 1.807) is 13.8 Å². The molecule has 1 aliphatic rings. The Morgan fingerprint density at radius 3 is 2.45 bits per heavy atom. The van der Waals surface area contributed by atoms with Gasteiger partial charge in [-0.05, 0) is 13.8 Å². The summed E-state index contributed by atoms with van der Waals surface area (Å²) in [5.74, 6) is -1.03. The molecule has 0 saturated carbocycles. The third-order valence-electron chi connectivity index (χ3n) is 1.70. The van der Waals surface area contributed by atoms with E-state index >= 15 is 0 Å². The Labute approximate surface area is 67.4 Å². The van der Waals surface area contributed by atoms with E-state index in [-0.39, 0.29) is 0 Å². The minimum atomic E-state index is -1.31. The van der Waals surface area contributed by atoms with Crippen molar-refractivity contribution in [2.45, 2.75) is 24.0 Å². The number of carbonyl (C=O) groups is 1. The van der Waals surface area contributed by atoms with Gasteiger partial charge in [-0.3, -0.25) is 9.53 Å². The molecule has 4 nitrogen and oxygen atoms in total.